The van der Waals surface area contributed by atoms with Crippen molar-refractivity contribution in [2.45, 2.75) is 58.5 Å². The van der Waals surface area contributed by atoms with Gasteiger partial charge in [0, 0.05) is 0 Å². The zero-order chi connectivity index (χ0) is 22.6. The van der Waals surface area contributed by atoms with E-state index in [0.29, 0.717) is 0 Å². The van der Waals surface area contributed by atoms with Crippen LogP contribution >= 0.6 is 0 Å². The van der Waals surface area contributed by atoms with Gasteiger partial charge in [0.15, 0.2) is 0 Å². The predicted molar refractivity (Wildman–Crippen MR) is 127 cm³/mol. The van der Waals surface area contributed by atoms with E-state index < -0.39 is 6.11 Å². The van der Waals surface area contributed by atoms with Gasteiger partial charge in [0.1, 0.15) is 5.75 Å². The van der Waals surface area contributed by atoms with Gasteiger partial charge in [0.25, 0.3) is 0 Å². The average molecular weight is 435 g/mol. The first-order valence-corrected chi connectivity index (χ1v) is 11.7. The fraction of sp³-hybridized carbons (Fsp3) is 0.379. The molecule has 0 heterocycles. The lowest BCUT2D eigenvalue weighted by molar-refractivity contribution is -0.185. The number of halogens is 2. The molecule has 0 aliphatic heterocycles. The van der Waals surface area contributed by atoms with Gasteiger partial charge < -0.3 is 4.74 Å². The molecule has 1 saturated carbocycles. The summed E-state index contributed by atoms with van der Waals surface area (Å²) in [6.07, 6.45) is 4.46. The van der Waals surface area contributed by atoms with Crippen molar-refractivity contribution in [2.75, 3.05) is 0 Å². The molecule has 0 atom stereocenters. The van der Waals surface area contributed by atoms with E-state index in [4.69, 9.17) is 4.74 Å². The Morgan fingerprint density at radius 2 is 1.34 bits per heavy atom. The third-order valence-corrected chi connectivity index (χ3v) is 6.75. The molecule has 0 saturated heterocycles. The maximum atomic E-state index is 14.6. The summed E-state index contributed by atoms with van der Waals surface area (Å²) in [6.45, 7) is 4.27. The van der Waals surface area contributed by atoms with Gasteiger partial charge in [-0.3, -0.25) is 0 Å². The minimum Gasteiger partial charge on any atom is -0.429 e. The van der Waals surface area contributed by atoms with Crippen molar-refractivity contribution < 1.29 is 13.5 Å². The fourth-order valence-electron chi connectivity index (χ4n) is 4.52. The molecular weight excluding hydrogens is 402 g/mol. The molecule has 0 aromatic heterocycles. The molecule has 3 heteroatoms. The zero-order valence-electron chi connectivity index (χ0n) is 19.0. The van der Waals surface area contributed by atoms with Gasteiger partial charge in [-0.25, -0.2) is 0 Å². The summed E-state index contributed by atoms with van der Waals surface area (Å²) in [6, 6.07) is 21.5. The van der Waals surface area contributed by atoms with Gasteiger partial charge in [-0.15, -0.1) is 0 Å². The lowest BCUT2D eigenvalue weighted by atomic mass is 9.80. The number of benzene rings is 3. The smallest absolute Gasteiger partial charge is 0.426 e. The molecule has 0 radical (unpaired) electrons. The van der Waals surface area contributed by atoms with E-state index >= 15 is 0 Å². The largest absolute Gasteiger partial charge is 0.429 e. The molecule has 0 bridgehead atoms. The van der Waals surface area contributed by atoms with Crippen molar-refractivity contribution in [2.24, 2.45) is 11.8 Å². The molecule has 0 amide bonds. The molecule has 4 rings (SSSR count). The van der Waals surface area contributed by atoms with Gasteiger partial charge in [0.2, 0.25) is 0 Å². The molecular formula is C29H32F2O. The molecule has 168 valence electrons. The summed E-state index contributed by atoms with van der Waals surface area (Å²) in [5, 5.41) is 0. The molecule has 1 fully saturated rings. The quantitative estimate of drug-likeness (QED) is 0.362. The van der Waals surface area contributed by atoms with Crippen LogP contribution in [0.5, 0.6) is 5.75 Å². The van der Waals surface area contributed by atoms with Crippen LogP contribution in [0.3, 0.4) is 0 Å². The maximum absolute atomic E-state index is 14.6. The summed E-state index contributed by atoms with van der Waals surface area (Å²) < 4.78 is 34.1. The lowest BCUT2D eigenvalue weighted by Gasteiger charge is -2.26. The van der Waals surface area contributed by atoms with Crippen LogP contribution in [-0.2, 0) is 12.5 Å². The Morgan fingerprint density at radius 1 is 0.781 bits per heavy atom. The predicted octanol–water partition coefficient (Wildman–Crippen LogP) is 8.55. The highest BCUT2D eigenvalue weighted by Crippen LogP contribution is 2.34. The Labute approximate surface area is 190 Å². The molecule has 0 unspecified atom stereocenters. The van der Waals surface area contributed by atoms with Gasteiger partial charge in [-0.2, -0.15) is 8.78 Å². The van der Waals surface area contributed by atoms with Crippen LogP contribution in [0.1, 0.15) is 55.7 Å². The minimum atomic E-state index is -3.38. The number of hydrogen-bond acceptors (Lipinski definition) is 1. The van der Waals surface area contributed by atoms with E-state index in [1.807, 2.05) is 6.92 Å². The monoisotopic (exact) mass is 434 g/mol. The fourth-order valence-corrected chi connectivity index (χ4v) is 4.52. The minimum absolute atomic E-state index is 0.153. The normalized spacial score (nSPS) is 19.0. The lowest BCUT2D eigenvalue weighted by Crippen LogP contribution is -2.21. The van der Waals surface area contributed by atoms with Crippen LogP contribution in [-0.4, -0.2) is 0 Å². The first-order chi connectivity index (χ1) is 15.4. The maximum Gasteiger partial charge on any atom is 0.426 e. The Balaban J connectivity index is 1.36. The van der Waals surface area contributed by atoms with Crippen molar-refractivity contribution in [3.8, 4) is 16.9 Å². The second-order valence-electron chi connectivity index (χ2n) is 9.37. The van der Waals surface area contributed by atoms with Gasteiger partial charge >= 0.3 is 6.11 Å². The standard InChI is InChI=1S/C29H32F2O/c1-21-3-7-23(8-4-21)9-10-24-11-13-25(14-12-24)26-15-17-27(18-16-26)29(30,31)32-28-19-5-22(2)6-20-28/h5-6,11-21,23H,3-4,7-10H2,1-2H3. The molecule has 3 aromatic rings. The highest BCUT2D eigenvalue weighted by molar-refractivity contribution is 5.64. The topological polar surface area (TPSA) is 9.23 Å². The summed E-state index contributed by atoms with van der Waals surface area (Å²) >= 11 is 0. The second-order valence-corrected chi connectivity index (χ2v) is 9.37. The first-order valence-electron chi connectivity index (χ1n) is 11.7. The molecule has 1 nitrogen and oxygen atoms in total. The van der Waals surface area contributed by atoms with Gasteiger partial charge in [-0.05, 0) is 72.6 Å². The van der Waals surface area contributed by atoms with Crippen LogP contribution in [0, 0.1) is 18.8 Å². The van der Waals surface area contributed by atoms with Crippen LogP contribution in [0.2, 0.25) is 0 Å². The van der Waals surface area contributed by atoms with Crippen molar-refractivity contribution in [1.82, 2.24) is 0 Å². The van der Waals surface area contributed by atoms with Crippen LogP contribution in [0.15, 0.2) is 72.8 Å². The third kappa shape index (κ3) is 5.76. The molecule has 1 aliphatic rings. The SMILES string of the molecule is Cc1ccc(OC(F)(F)c2ccc(-c3ccc(CCC4CCC(C)CC4)cc3)cc2)cc1. The number of alkyl halides is 2. The van der Waals surface area contributed by atoms with Crippen molar-refractivity contribution in [3.63, 3.8) is 0 Å². The molecule has 0 spiro atoms. The Kier molecular flexibility index (Phi) is 6.93. The highest BCUT2D eigenvalue weighted by atomic mass is 19.3. The van der Waals surface area contributed by atoms with E-state index in [0.717, 1.165) is 34.9 Å². The zero-order valence-corrected chi connectivity index (χ0v) is 19.0. The van der Waals surface area contributed by atoms with E-state index in [9.17, 15) is 8.78 Å². The van der Waals surface area contributed by atoms with Crippen molar-refractivity contribution in [1.29, 1.82) is 0 Å². The van der Waals surface area contributed by atoms with E-state index in [1.165, 1.54) is 49.8 Å². The molecule has 32 heavy (non-hydrogen) atoms. The molecule has 3 aromatic carbocycles. The average Bonchev–Trinajstić information content (AvgIpc) is 2.81. The van der Waals surface area contributed by atoms with Gasteiger partial charge in [0.05, 0.1) is 5.56 Å². The van der Waals surface area contributed by atoms with Crippen LogP contribution < -0.4 is 4.74 Å². The first kappa shape index (κ1) is 22.5. The van der Waals surface area contributed by atoms with E-state index in [2.05, 4.69) is 31.2 Å². The summed E-state index contributed by atoms with van der Waals surface area (Å²) in [5.41, 5.74) is 4.16. The number of hydrogen-bond donors (Lipinski definition) is 0. The Bertz CT molecular complexity index is 983. The summed E-state index contributed by atoms with van der Waals surface area (Å²) in [7, 11) is 0. The summed E-state index contributed by atoms with van der Waals surface area (Å²) in [5.74, 6) is 1.91. The van der Waals surface area contributed by atoms with E-state index in [1.54, 1.807) is 36.4 Å². The second kappa shape index (κ2) is 9.85. The van der Waals surface area contributed by atoms with Gasteiger partial charge in [-0.1, -0.05) is 86.7 Å². The highest BCUT2D eigenvalue weighted by Gasteiger charge is 2.34. The van der Waals surface area contributed by atoms with Crippen molar-refractivity contribution in [3.05, 3.63) is 89.5 Å². The van der Waals surface area contributed by atoms with E-state index in [-0.39, 0.29) is 11.3 Å². The molecule has 0 N–H and O–H groups in total. The Hall–Kier alpha value is -2.68. The number of ether oxygens (including phenoxy) is 1. The van der Waals surface area contributed by atoms with Crippen LogP contribution in [0.4, 0.5) is 8.78 Å². The van der Waals surface area contributed by atoms with Crippen molar-refractivity contribution >= 4 is 0 Å². The Morgan fingerprint density at radius 3 is 1.94 bits per heavy atom. The third-order valence-electron chi connectivity index (χ3n) is 6.75. The number of rotatable bonds is 7. The number of aryl methyl sites for hydroxylation is 2. The summed E-state index contributed by atoms with van der Waals surface area (Å²) in [4.78, 5) is 0. The van der Waals surface area contributed by atoms with Crippen LogP contribution in [0.25, 0.3) is 11.1 Å². The molecule has 1 aliphatic carbocycles.